The monoisotopic (exact) mass is 494 g/mol. The zero-order valence-corrected chi connectivity index (χ0v) is 20.6. The molecule has 0 atom stereocenters. The van der Waals surface area contributed by atoms with E-state index in [1.54, 1.807) is 18.2 Å². The molecule has 1 aromatic carbocycles. The summed E-state index contributed by atoms with van der Waals surface area (Å²) in [4.78, 5) is 25.9. The molecule has 2 aliphatic heterocycles. The zero-order valence-electron chi connectivity index (χ0n) is 19.1. The minimum Gasteiger partial charge on any atom is -0.456 e. The van der Waals surface area contributed by atoms with Crippen LogP contribution in [0.3, 0.4) is 0 Å². The van der Waals surface area contributed by atoms with Gasteiger partial charge in [-0.15, -0.1) is 0 Å². The van der Waals surface area contributed by atoms with Gasteiger partial charge in [0.1, 0.15) is 11.2 Å². The van der Waals surface area contributed by atoms with Gasteiger partial charge in [0, 0.05) is 16.3 Å². The van der Waals surface area contributed by atoms with E-state index in [1.807, 2.05) is 27.7 Å². The predicted molar refractivity (Wildman–Crippen MR) is 124 cm³/mol. The molecule has 2 fully saturated rings. The summed E-state index contributed by atoms with van der Waals surface area (Å²) >= 11 is 3.44. The molecule has 6 nitrogen and oxygen atoms in total. The van der Waals surface area contributed by atoms with Crippen LogP contribution in [0.5, 0.6) is 0 Å². The second-order valence-electron chi connectivity index (χ2n) is 9.73. The van der Waals surface area contributed by atoms with Gasteiger partial charge in [0.2, 0.25) is 0 Å². The Morgan fingerprint density at radius 3 is 1.77 bits per heavy atom. The quantitative estimate of drug-likeness (QED) is 0.573. The van der Waals surface area contributed by atoms with Crippen molar-refractivity contribution in [2.24, 2.45) is 11.8 Å². The Balaban J connectivity index is 1.71. The van der Waals surface area contributed by atoms with Crippen molar-refractivity contribution in [3.8, 4) is 0 Å². The maximum atomic E-state index is 13.0. The van der Waals surface area contributed by atoms with Crippen LogP contribution in [0.15, 0.2) is 22.7 Å². The number of carbonyl (C=O) groups is 2. The van der Waals surface area contributed by atoms with E-state index in [9.17, 15) is 9.59 Å². The van der Waals surface area contributed by atoms with Gasteiger partial charge in [0.15, 0.2) is 0 Å². The van der Waals surface area contributed by atoms with Gasteiger partial charge in [-0.1, -0.05) is 0 Å². The Labute approximate surface area is 194 Å². The van der Waals surface area contributed by atoms with Crippen molar-refractivity contribution in [1.82, 2.24) is 10.6 Å². The predicted octanol–water partition coefficient (Wildman–Crippen LogP) is 4.32. The largest absolute Gasteiger partial charge is 0.456 e. The normalized spacial score (nSPS) is 19.1. The molecule has 2 saturated heterocycles. The number of esters is 2. The zero-order chi connectivity index (χ0) is 22.6. The average molecular weight is 495 g/mol. The summed E-state index contributed by atoms with van der Waals surface area (Å²) in [5.74, 6) is -0.232. The standard InChI is InChI=1S/C24H35BrN2O4/c1-23(2,17-7-11-26-12-8-17)30-21(28)16-5-6-20(25)19(15-16)22(29)31-24(3,4)18-9-13-27-14-10-18/h5-6,15,17-18,26-27H,7-14H2,1-4H3. The van der Waals surface area contributed by atoms with Crippen molar-refractivity contribution in [2.75, 3.05) is 26.2 Å². The molecule has 7 heteroatoms. The minimum atomic E-state index is -0.577. The van der Waals surface area contributed by atoms with E-state index >= 15 is 0 Å². The van der Waals surface area contributed by atoms with Crippen molar-refractivity contribution in [3.63, 3.8) is 0 Å². The van der Waals surface area contributed by atoms with Gasteiger partial charge in [-0.3, -0.25) is 0 Å². The lowest BCUT2D eigenvalue weighted by molar-refractivity contribution is -0.0368. The number of halogens is 1. The number of benzene rings is 1. The fourth-order valence-corrected chi connectivity index (χ4v) is 5.01. The molecule has 0 amide bonds. The van der Waals surface area contributed by atoms with Gasteiger partial charge in [0.05, 0.1) is 11.1 Å². The first kappa shape index (κ1) is 24.2. The summed E-state index contributed by atoms with van der Waals surface area (Å²) in [6, 6.07) is 4.97. The Bertz CT molecular complexity index is 797. The number of carbonyl (C=O) groups excluding carboxylic acids is 2. The number of nitrogens with one attached hydrogen (secondary N) is 2. The fourth-order valence-electron chi connectivity index (χ4n) is 4.60. The number of ether oxygens (including phenoxy) is 2. The summed E-state index contributed by atoms with van der Waals surface area (Å²) in [6.07, 6.45) is 3.90. The Kier molecular flexibility index (Phi) is 7.81. The third-order valence-electron chi connectivity index (χ3n) is 6.78. The number of hydrogen-bond donors (Lipinski definition) is 2. The van der Waals surface area contributed by atoms with E-state index in [0.29, 0.717) is 27.4 Å². The molecule has 0 bridgehead atoms. The maximum Gasteiger partial charge on any atom is 0.339 e. The molecule has 0 aromatic heterocycles. The first-order valence-electron chi connectivity index (χ1n) is 11.3. The molecule has 2 heterocycles. The van der Waals surface area contributed by atoms with Crippen molar-refractivity contribution >= 4 is 27.9 Å². The SMILES string of the molecule is CC(C)(OC(=O)c1ccc(Br)c(C(=O)OC(C)(C)C2CCNCC2)c1)C1CCNCC1. The van der Waals surface area contributed by atoms with Crippen molar-refractivity contribution in [2.45, 2.75) is 64.6 Å². The van der Waals surface area contributed by atoms with Crippen LogP contribution < -0.4 is 10.6 Å². The average Bonchev–Trinajstić information content (AvgIpc) is 2.74. The maximum absolute atomic E-state index is 13.0. The Morgan fingerprint density at radius 2 is 1.29 bits per heavy atom. The summed E-state index contributed by atoms with van der Waals surface area (Å²) in [5.41, 5.74) is -0.441. The number of rotatable bonds is 6. The van der Waals surface area contributed by atoms with E-state index < -0.39 is 23.1 Å². The van der Waals surface area contributed by atoms with E-state index in [1.165, 1.54) is 0 Å². The molecule has 0 spiro atoms. The van der Waals surface area contributed by atoms with E-state index in [0.717, 1.165) is 51.9 Å². The lowest BCUT2D eigenvalue weighted by Gasteiger charge is -2.37. The van der Waals surface area contributed by atoms with Gasteiger partial charge in [0.25, 0.3) is 0 Å². The van der Waals surface area contributed by atoms with Crippen LogP contribution in [0.25, 0.3) is 0 Å². The first-order chi connectivity index (χ1) is 14.6. The van der Waals surface area contributed by atoms with Crippen LogP contribution >= 0.6 is 15.9 Å². The molecule has 3 rings (SSSR count). The molecule has 0 unspecified atom stereocenters. The van der Waals surface area contributed by atoms with Gasteiger partial charge in [-0.25, -0.2) is 9.59 Å². The number of hydrogen-bond acceptors (Lipinski definition) is 6. The van der Waals surface area contributed by atoms with Crippen LogP contribution in [-0.4, -0.2) is 49.3 Å². The van der Waals surface area contributed by atoms with E-state index in [2.05, 4.69) is 26.6 Å². The lowest BCUT2D eigenvalue weighted by Crippen LogP contribution is -2.43. The molecule has 0 radical (unpaired) electrons. The molecule has 172 valence electrons. The third-order valence-corrected chi connectivity index (χ3v) is 7.47. The van der Waals surface area contributed by atoms with Crippen LogP contribution in [0.4, 0.5) is 0 Å². The topological polar surface area (TPSA) is 76.7 Å². The highest BCUT2D eigenvalue weighted by Crippen LogP contribution is 2.32. The smallest absolute Gasteiger partial charge is 0.339 e. The Hall–Kier alpha value is -1.44. The third kappa shape index (κ3) is 6.08. The summed E-state index contributed by atoms with van der Waals surface area (Å²) in [5, 5.41) is 6.68. The minimum absolute atomic E-state index is 0.301. The number of piperidine rings is 2. The molecule has 31 heavy (non-hydrogen) atoms. The van der Waals surface area contributed by atoms with Gasteiger partial charge in [-0.05, 0) is 114 Å². The molecular formula is C24H35BrN2O4. The van der Waals surface area contributed by atoms with E-state index in [4.69, 9.17) is 9.47 Å². The van der Waals surface area contributed by atoms with Gasteiger partial charge in [-0.2, -0.15) is 0 Å². The van der Waals surface area contributed by atoms with Gasteiger partial charge >= 0.3 is 11.9 Å². The highest BCUT2D eigenvalue weighted by Gasteiger charge is 2.36. The van der Waals surface area contributed by atoms with Crippen molar-refractivity contribution in [3.05, 3.63) is 33.8 Å². The van der Waals surface area contributed by atoms with E-state index in [-0.39, 0.29) is 0 Å². The van der Waals surface area contributed by atoms with Crippen LogP contribution in [0.1, 0.15) is 74.1 Å². The molecule has 0 saturated carbocycles. The highest BCUT2D eigenvalue weighted by molar-refractivity contribution is 9.10. The van der Waals surface area contributed by atoms with Crippen LogP contribution in [-0.2, 0) is 9.47 Å². The molecule has 2 aliphatic rings. The molecular weight excluding hydrogens is 460 g/mol. The second-order valence-corrected chi connectivity index (χ2v) is 10.6. The summed E-state index contributed by atoms with van der Waals surface area (Å²) < 4.78 is 12.4. The molecule has 0 aliphatic carbocycles. The molecule has 1 aromatic rings. The van der Waals surface area contributed by atoms with Crippen LogP contribution in [0.2, 0.25) is 0 Å². The van der Waals surface area contributed by atoms with Crippen LogP contribution in [0, 0.1) is 11.8 Å². The summed E-state index contributed by atoms with van der Waals surface area (Å²) in [7, 11) is 0. The van der Waals surface area contributed by atoms with Gasteiger partial charge < -0.3 is 20.1 Å². The molecule has 2 N–H and O–H groups in total. The van der Waals surface area contributed by atoms with Crippen molar-refractivity contribution < 1.29 is 19.1 Å². The lowest BCUT2D eigenvalue weighted by atomic mass is 9.83. The fraction of sp³-hybridized carbons (Fsp3) is 0.667. The Morgan fingerprint density at radius 1 is 0.839 bits per heavy atom. The van der Waals surface area contributed by atoms with Crippen molar-refractivity contribution in [1.29, 1.82) is 0 Å². The first-order valence-corrected chi connectivity index (χ1v) is 12.1. The summed E-state index contributed by atoms with van der Waals surface area (Å²) in [6.45, 7) is 11.6. The highest BCUT2D eigenvalue weighted by atomic mass is 79.9. The second kappa shape index (κ2) is 10.0.